The molecule has 166 valence electrons. The number of piperazine rings is 1. The third kappa shape index (κ3) is 5.78. The molecule has 3 fully saturated rings. The number of hydrogen-bond acceptors (Lipinski definition) is 5. The van der Waals surface area contributed by atoms with Crippen molar-refractivity contribution >= 4 is 28.3 Å². The van der Waals surface area contributed by atoms with E-state index >= 15 is 0 Å². The van der Waals surface area contributed by atoms with Crippen LogP contribution in [0.15, 0.2) is 0 Å². The van der Waals surface area contributed by atoms with Crippen molar-refractivity contribution in [3.05, 3.63) is 5.01 Å². The molecular weight excluding hydrogens is 398 g/mol. The topological polar surface area (TPSA) is 79.6 Å². The molecule has 2 aliphatic carbocycles. The minimum Gasteiger partial charge on any atom is -0.331 e. The van der Waals surface area contributed by atoms with Crippen molar-refractivity contribution in [2.45, 2.75) is 89.0 Å². The fourth-order valence-corrected chi connectivity index (χ4v) is 6.25. The van der Waals surface area contributed by atoms with E-state index in [0.29, 0.717) is 11.0 Å². The number of amides is 2. The fraction of sp³-hybridized carbons (Fsp3) is 0.818. The first-order valence-electron chi connectivity index (χ1n) is 11.9. The number of anilines is 1. The summed E-state index contributed by atoms with van der Waals surface area (Å²) in [7, 11) is 0. The van der Waals surface area contributed by atoms with Crippen molar-refractivity contribution in [2.75, 3.05) is 31.5 Å². The van der Waals surface area contributed by atoms with Gasteiger partial charge in [-0.15, -0.1) is 10.2 Å². The molecule has 8 heteroatoms. The van der Waals surface area contributed by atoms with Crippen LogP contribution in [0.25, 0.3) is 0 Å². The molecule has 0 bridgehead atoms. The molecule has 3 aliphatic rings. The molecule has 0 radical (unpaired) electrons. The number of aromatic nitrogens is 2. The van der Waals surface area contributed by atoms with Crippen LogP contribution in [-0.2, 0) is 9.59 Å². The van der Waals surface area contributed by atoms with Gasteiger partial charge in [0, 0.05) is 18.8 Å². The summed E-state index contributed by atoms with van der Waals surface area (Å²) in [5.41, 5.74) is 0. The van der Waals surface area contributed by atoms with Crippen molar-refractivity contribution in [1.82, 2.24) is 15.1 Å². The van der Waals surface area contributed by atoms with Crippen LogP contribution < -0.4 is 10.2 Å². The average Bonchev–Trinajstić information content (AvgIpc) is 3.27. The van der Waals surface area contributed by atoms with Gasteiger partial charge in [-0.3, -0.25) is 9.59 Å². The molecule has 0 atom stereocenters. The van der Waals surface area contributed by atoms with E-state index in [1.54, 1.807) is 4.90 Å². The largest absolute Gasteiger partial charge is 0.331 e. The van der Waals surface area contributed by atoms with Crippen LogP contribution in [-0.4, -0.2) is 59.1 Å². The summed E-state index contributed by atoms with van der Waals surface area (Å²) in [6, 6.07) is 0.798. The van der Waals surface area contributed by atoms with Crippen LogP contribution in [0.4, 0.5) is 5.13 Å². The highest BCUT2D eigenvalue weighted by molar-refractivity contribution is 7.15. The van der Waals surface area contributed by atoms with Gasteiger partial charge in [0.1, 0.15) is 5.01 Å². The van der Waals surface area contributed by atoms with E-state index in [-0.39, 0.29) is 24.7 Å². The number of nitrogens with zero attached hydrogens (tertiary/aromatic N) is 3. The molecule has 0 spiro atoms. The summed E-state index contributed by atoms with van der Waals surface area (Å²) in [6.45, 7) is 3.76. The molecule has 1 saturated heterocycles. The van der Waals surface area contributed by atoms with Crippen LogP contribution in [0.5, 0.6) is 0 Å². The van der Waals surface area contributed by atoms with Gasteiger partial charge in [0.05, 0.1) is 32.2 Å². The molecule has 2 amide bonds. The van der Waals surface area contributed by atoms with Crippen LogP contribution in [0, 0.1) is 0 Å². The van der Waals surface area contributed by atoms with Gasteiger partial charge in [0.25, 0.3) is 0 Å². The first-order valence-corrected chi connectivity index (χ1v) is 12.8. The smallest absolute Gasteiger partial charge is 0.226 e. The second-order valence-electron chi connectivity index (χ2n) is 9.20. The Hall–Kier alpha value is -1.54. The Kier molecular flexibility index (Phi) is 7.71. The van der Waals surface area contributed by atoms with Gasteiger partial charge in [-0.25, -0.2) is 0 Å². The zero-order chi connectivity index (χ0) is 20.8. The summed E-state index contributed by atoms with van der Waals surface area (Å²) < 4.78 is 0. The highest BCUT2D eigenvalue weighted by Gasteiger charge is 2.30. The monoisotopic (exact) mass is 434 g/mol. The first kappa shape index (κ1) is 21.7. The van der Waals surface area contributed by atoms with Gasteiger partial charge in [0.2, 0.25) is 16.9 Å². The van der Waals surface area contributed by atoms with Crippen LogP contribution in [0.3, 0.4) is 0 Å². The van der Waals surface area contributed by atoms with Crippen molar-refractivity contribution in [3.8, 4) is 0 Å². The number of carbonyl (C=O) groups is 2. The van der Waals surface area contributed by atoms with E-state index < -0.39 is 0 Å². The van der Waals surface area contributed by atoms with Crippen molar-refractivity contribution in [2.24, 2.45) is 0 Å². The van der Waals surface area contributed by atoms with E-state index in [1.807, 2.05) is 4.90 Å². The number of nitrogens with one attached hydrogen (secondary N) is 2. The maximum Gasteiger partial charge on any atom is 0.226 e. The minimum absolute atomic E-state index is 0.105. The molecule has 2 N–H and O–H groups in total. The van der Waals surface area contributed by atoms with Gasteiger partial charge in [-0.2, -0.15) is 0 Å². The lowest BCUT2D eigenvalue weighted by atomic mass is 9.90. The highest BCUT2D eigenvalue weighted by Crippen LogP contribution is 2.35. The quantitative estimate of drug-likeness (QED) is 0.720. The van der Waals surface area contributed by atoms with Gasteiger partial charge >= 0.3 is 0 Å². The maximum atomic E-state index is 12.6. The first-order chi connectivity index (χ1) is 14.7. The van der Waals surface area contributed by atoms with E-state index in [4.69, 9.17) is 0 Å². The number of rotatable bonds is 6. The van der Waals surface area contributed by atoms with E-state index in [9.17, 15) is 9.59 Å². The number of quaternary nitrogens is 1. The van der Waals surface area contributed by atoms with Gasteiger partial charge in [-0.05, 0) is 38.5 Å². The average molecular weight is 435 g/mol. The predicted molar refractivity (Wildman–Crippen MR) is 118 cm³/mol. The summed E-state index contributed by atoms with van der Waals surface area (Å²) in [5, 5.41) is 12.9. The second-order valence-corrected chi connectivity index (χ2v) is 10.2. The number of hydrogen-bond donors (Lipinski definition) is 2. The lowest BCUT2D eigenvalue weighted by Gasteiger charge is -2.38. The van der Waals surface area contributed by atoms with E-state index in [1.165, 1.54) is 75.5 Å². The Morgan fingerprint density at radius 1 is 0.933 bits per heavy atom. The Bertz CT molecular complexity index is 704. The zero-order valence-corrected chi connectivity index (χ0v) is 18.9. The third-order valence-electron chi connectivity index (χ3n) is 7.15. The summed E-state index contributed by atoms with van der Waals surface area (Å²) in [5.74, 6) is 0.465. The van der Waals surface area contributed by atoms with Gasteiger partial charge in [0.15, 0.2) is 0 Å². The molecular formula is C22H36N5O2S+. The fourth-order valence-electron chi connectivity index (χ4n) is 5.32. The molecule has 0 aromatic carbocycles. The van der Waals surface area contributed by atoms with Crippen molar-refractivity contribution in [1.29, 1.82) is 0 Å². The van der Waals surface area contributed by atoms with E-state index in [0.717, 1.165) is 37.2 Å². The molecule has 1 aliphatic heterocycles. The SMILES string of the molecule is O=C(CCC(=O)N1CC[NH+](C2CCCCC2)CC1)Nc1nnc(C2CCCCC2)s1. The Morgan fingerprint density at radius 2 is 1.60 bits per heavy atom. The Balaban J connectivity index is 1.16. The Labute approximate surface area is 183 Å². The van der Waals surface area contributed by atoms with Crippen LogP contribution in [0.1, 0.15) is 88.0 Å². The summed E-state index contributed by atoms with van der Waals surface area (Å²) >= 11 is 1.49. The molecule has 30 heavy (non-hydrogen) atoms. The predicted octanol–water partition coefficient (Wildman–Crippen LogP) is 2.36. The molecule has 1 aromatic rings. The summed E-state index contributed by atoms with van der Waals surface area (Å²) in [6.07, 6.45) is 13.5. The highest BCUT2D eigenvalue weighted by atomic mass is 32.1. The van der Waals surface area contributed by atoms with Crippen LogP contribution >= 0.6 is 11.3 Å². The summed E-state index contributed by atoms with van der Waals surface area (Å²) in [4.78, 5) is 28.5. The zero-order valence-electron chi connectivity index (χ0n) is 18.0. The van der Waals surface area contributed by atoms with Crippen LogP contribution in [0.2, 0.25) is 0 Å². The molecule has 4 rings (SSSR count). The van der Waals surface area contributed by atoms with Crippen molar-refractivity contribution < 1.29 is 14.5 Å². The van der Waals surface area contributed by atoms with Gasteiger partial charge in [-0.1, -0.05) is 37.0 Å². The van der Waals surface area contributed by atoms with Crippen molar-refractivity contribution in [3.63, 3.8) is 0 Å². The lowest BCUT2D eigenvalue weighted by molar-refractivity contribution is -0.930. The second kappa shape index (κ2) is 10.7. The number of carbonyl (C=O) groups excluding carboxylic acids is 2. The third-order valence-corrected chi connectivity index (χ3v) is 8.15. The molecule has 0 unspecified atom stereocenters. The molecule has 2 heterocycles. The maximum absolute atomic E-state index is 12.6. The standard InChI is InChI=1S/C22H35N5O2S/c28-19(23-22-25-24-21(30-22)17-7-3-1-4-8-17)11-12-20(29)27-15-13-26(14-16-27)18-9-5-2-6-10-18/h17-18H,1-16H2,(H,23,25,28)/p+1. The van der Waals surface area contributed by atoms with Gasteiger partial charge < -0.3 is 15.1 Å². The molecule has 7 nitrogen and oxygen atoms in total. The van der Waals surface area contributed by atoms with E-state index in [2.05, 4.69) is 15.5 Å². The Morgan fingerprint density at radius 3 is 2.30 bits per heavy atom. The minimum atomic E-state index is -0.138. The normalized spacial score (nSPS) is 22.2. The lowest BCUT2D eigenvalue weighted by Crippen LogP contribution is -3.18. The molecule has 2 saturated carbocycles. The molecule has 1 aromatic heterocycles.